The third-order valence-corrected chi connectivity index (χ3v) is 4.68. The quantitative estimate of drug-likeness (QED) is 0.743. The zero-order valence-electron chi connectivity index (χ0n) is 15.2. The molecule has 0 saturated carbocycles. The van der Waals surface area contributed by atoms with E-state index in [1.807, 2.05) is 35.0 Å². The third-order valence-electron chi connectivity index (χ3n) is 4.68. The largest absolute Gasteiger partial charge is 0.497 e. The van der Waals surface area contributed by atoms with Crippen LogP contribution in [-0.4, -0.2) is 27.8 Å². The number of nitrogens with one attached hydrogen (secondary N) is 2. The Labute approximate surface area is 157 Å². The number of amides is 1. The van der Waals surface area contributed by atoms with Crippen molar-refractivity contribution in [3.8, 4) is 5.75 Å². The van der Waals surface area contributed by atoms with E-state index in [0.29, 0.717) is 11.9 Å². The number of fused-ring (bicyclic) bond motifs is 1. The highest BCUT2D eigenvalue weighted by molar-refractivity contribution is 5.86. The van der Waals surface area contributed by atoms with Gasteiger partial charge >= 0.3 is 0 Å². The van der Waals surface area contributed by atoms with Crippen molar-refractivity contribution in [2.75, 3.05) is 17.7 Å². The molecule has 2 aromatic carbocycles. The summed E-state index contributed by atoms with van der Waals surface area (Å²) in [4.78, 5) is 15.9. The van der Waals surface area contributed by atoms with Crippen LogP contribution in [0.4, 0.5) is 11.9 Å². The number of aromatic nitrogens is 3. The number of carbonyl (C=O) groups excluding carboxylic acids is 1. The molecule has 1 aromatic heterocycles. The maximum Gasteiger partial charge on any atom is 0.250 e. The molecule has 27 heavy (non-hydrogen) atoms. The minimum atomic E-state index is -0.194. The lowest BCUT2D eigenvalue weighted by Gasteiger charge is -2.31. The number of carbonyl (C=O) groups is 1. The van der Waals surface area contributed by atoms with Gasteiger partial charge in [-0.25, -0.2) is 4.68 Å². The maximum atomic E-state index is 11.4. The van der Waals surface area contributed by atoms with Crippen LogP contribution < -0.4 is 15.4 Å². The molecule has 2 N–H and O–H groups in total. The second kappa shape index (κ2) is 7.11. The van der Waals surface area contributed by atoms with Gasteiger partial charge < -0.3 is 10.1 Å². The molecule has 2 atom stereocenters. The van der Waals surface area contributed by atoms with Gasteiger partial charge in [0.25, 0.3) is 5.95 Å². The molecule has 7 nitrogen and oxygen atoms in total. The van der Waals surface area contributed by atoms with Gasteiger partial charge in [0.1, 0.15) is 5.75 Å². The molecule has 0 spiro atoms. The average Bonchev–Trinajstić information content (AvgIpc) is 3.09. The van der Waals surface area contributed by atoms with E-state index in [0.717, 1.165) is 23.3 Å². The van der Waals surface area contributed by atoms with E-state index < -0.39 is 0 Å². The van der Waals surface area contributed by atoms with Crippen LogP contribution >= 0.6 is 0 Å². The van der Waals surface area contributed by atoms with E-state index in [9.17, 15) is 4.79 Å². The summed E-state index contributed by atoms with van der Waals surface area (Å²) in [5.74, 6) is 1.58. The van der Waals surface area contributed by atoms with Crippen LogP contribution in [0.15, 0.2) is 54.6 Å². The number of nitrogens with zero attached hydrogens (tertiary/aromatic N) is 3. The first-order valence-electron chi connectivity index (χ1n) is 8.83. The molecule has 2 heterocycles. The number of methoxy groups -OCH3 is 1. The van der Waals surface area contributed by atoms with Gasteiger partial charge in [0.2, 0.25) is 11.9 Å². The Morgan fingerprint density at radius 1 is 1.15 bits per heavy atom. The Hall–Kier alpha value is -3.35. The Morgan fingerprint density at radius 3 is 2.56 bits per heavy atom. The second-order valence-corrected chi connectivity index (χ2v) is 6.52. The summed E-state index contributed by atoms with van der Waals surface area (Å²) in [6, 6.07) is 18.3. The average molecular weight is 363 g/mol. The van der Waals surface area contributed by atoms with Gasteiger partial charge in [0.05, 0.1) is 19.2 Å². The molecule has 1 aliphatic rings. The molecule has 0 unspecified atom stereocenters. The molecule has 1 aliphatic heterocycles. The van der Waals surface area contributed by atoms with Crippen molar-refractivity contribution in [1.82, 2.24) is 14.8 Å². The van der Waals surface area contributed by atoms with Crippen molar-refractivity contribution in [3.05, 3.63) is 65.7 Å². The van der Waals surface area contributed by atoms with E-state index in [4.69, 9.17) is 4.74 Å². The standard InChI is InChI=1S/C20H21N5O2/c1-13(26)21-19-23-20-22-17(14-8-10-16(27-2)11-9-14)12-18(25(20)24-19)15-6-4-3-5-7-15/h3-11,17-18H,12H2,1-2H3,(H2,21,22,23,24,26)/t17-,18-/m1/s1. The number of rotatable bonds is 4. The van der Waals surface area contributed by atoms with E-state index in [1.165, 1.54) is 6.92 Å². The minimum absolute atomic E-state index is 0.0181. The number of hydrogen-bond acceptors (Lipinski definition) is 5. The lowest BCUT2D eigenvalue weighted by molar-refractivity contribution is -0.114. The van der Waals surface area contributed by atoms with Crippen molar-refractivity contribution in [2.24, 2.45) is 0 Å². The zero-order valence-corrected chi connectivity index (χ0v) is 15.2. The first-order valence-corrected chi connectivity index (χ1v) is 8.83. The van der Waals surface area contributed by atoms with Crippen molar-refractivity contribution >= 4 is 17.8 Å². The van der Waals surface area contributed by atoms with Gasteiger partial charge in [-0.15, -0.1) is 5.10 Å². The van der Waals surface area contributed by atoms with E-state index in [1.54, 1.807) is 7.11 Å². The van der Waals surface area contributed by atoms with Crippen molar-refractivity contribution in [2.45, 2.75) is 25.4 Å². The van der Waals surface area contributed by atoms with Crippen LogP contribution in [0.2, 0.25) is 0 Å². The fourth-order valence-electron chi connectivity index (χ4n) is 3.40. The Morgan fingerprint density at radius 2 is 1.89 bits per heavy atom. The normalized spacial score (nSPS) is 18.3. The van der Waals surface area contributed by atoms with Crippen LogP contribution in [0.25, 0.3) is 0 Å². The summed E-state index contributed by atoms with van der Waals surface area (Å²) in [5.41, 5.74) is 2.30. The predicted molar refractivity (Wildman–Crippen MR) is 103 cm³/mol. The van der Waals surface area contributed by atoms with Gasteiger partial charge in [-0.2, -0.15) is 4.98 Å². The predicted octanol–water partition coefficient (Wildman–Crippen LogP) is 3.39. The summed E-state index contributed by atoms with van der Waals surface area (Å²) >= 11 is 0. The Kier molecular flexibility index (Phi) is 4.50. The van der Waals surface area contributed by atoms with Crippen molar-refractivity contribution in [3.63, 3.8) is 0 Å². The fourth-order valence-corrected chi connectivity index (χ4v) is 3.40. The molecule has 0 aliphatic carbocycles. The van der Waals surface area contributed by atoms with Gasteiger partial charge in [0.15, 0.2) is 0 Å². The van der Waals surface area contributed by atoms with Gasteiger partial charge in [0, 0.05) is 6.92 Å². The molecule has 0 radical (unpaired) electrons. The van der Waals surface area contributed by atoms with E-state index in [2.05, 4.69) is 45.0 Å². The highest BCUT2D eigenvalue weighted by atomic mass is 16.5. The number of hydrogen-bond donors (Lipinski definition) is 2. The van der Waals surface area contributed by atoms with Crippen LogP contribution in [0, 0.1) is 0 Å². The molecule has 7 heteroatoms. The summed E-state index contributed by atoms with van der Waals surface area (Å²) in [7, 11) is 1.66. The lowest BCUT2D eigenvalue weighted by Crippen LogP contribution is -2.28. The SMILES string of the molecule is COc1ccc([C@H]2C[C@H](c3ccccc3)n3nc(NC(C)=O)nc3N2)cc1. The smallest absolute Gasteiger partial charge is 0.250 e. The number of ether oxygens (including phenoxy) is 1. The van der Waals surface area contributed by atoms with Crippen LogP contribution in [-0.2, 0) is 4.79 Å². The highest BCUT2D eigenvalue weighted by Gasteiger charge is 2.31. The summed E-state index contributed by atoms with van der Waals surface area (Å²) in [5, 5.41) is 10.6. The maximum absolute atomic E-state index is 11.4. The van der Waals surface area contributed by atoms with Crippen LogP contribution in [0.5, 0.6) is 5.75 Å². The topological polar surface area (TPSA) is 81.1 Å². The molecule has 0 fully saturated rings. The molecule has 4 rings (SSSR count). The highest BCUT2D eigenvalue weighted by Crippen LogP contribution is 2.38. The van der Waals surface area contributed by atoms with Crippen molar-refractivity contribution < 1.29 is 9.53 Å². The van der Waals surface area contributed by atoms with Gasteiger partial charge in [-0.05, 0) is 29.7 Å². The summed E-state index contributed by atoms with van der Waals surface area (Å²) in [6.07, 6.45) is 0.812. The van der Waals surface area contributed by atoms with Gasteiger partial charge in [-0.3, -0.25) is 10.1 Å². The third kappa shape index (κ3) is 3.48. The van der Waals surface area contributed by atoms with Crippen LogP contribution in [0.3, 0.4) is 0 Å². The number of anilines is 2. The van der Waals surface area contributed by atoms with E-state index >= 15 is 0 Å². The summed E-state index contributed by atoms with van der Waals surface area (Å²) < 4.78 is 7.10. The zero-order chi connectivity index (χ0) is 18.8. The molecule has 0 saturated heterocycles. The van der Waals surface area contributed by atoms with Crippen molar-refractivity contribution in [1.29, 1.82) is 0 Å². The summed E-state index contributed by atoms with van der Waals surface area (Å²) in [6.45, 7) is 1.45. The second-order valence-electron chi connectivity index (χ2n) is 6.52. The molecular weight excluding hydrogens is 342 g/mol. The Bertz CT molecular complexity index is 937. The minimum Gasteiger partial charge on any atom is -0.497 e. The molecule has 138 valence electrons. The van der Waals surface area contributed by atoms with Crippen LogP contribution in [0.1, 0.15) is 36.6 Å². The fraction of sp³-hybridized carbons (Fsp3) is 0.250. The Balaban J connectivity index is 1.71. The first kappa shape index (κ1) is 17.1. The first-order chi connectivity index (χ1) is 13.1. The van der Waals surface area contributed by atoms with Gasteiger partial charge in [-0.1, -0.05) is 42.5 Å². The molecule has 1 amide bonds. The lowest BCUT2D eigenvalue weighted by atomic mass is 9.93. The monoisotopic (exact) mass is 363 g/mol. The molecule has 3 aromatic rings. The van der Waals surface area contributed by atoms with E-state index in [-0.39, 0.29) is 18.0 Å². The molecule has 0 bridgehead atoms. The molecular formula is C20H21N5O2. The number of benzene rings is 2.